The number of methoxy groups -OCH3 is 1. The van der Waals surface area contributed by atoms with E-state index >= 15 is 0 Å². The van der Waals surface area contributed by atoms with Gasteiger partial charge in [0, 0.05) is 5.92 Å². The molecule has 4 heteroatoms. The molecule has 86 valence electrons. The van der Waals surface area contributed by atoms with E-state index < -0.39 is 11.9 Å². The molecule has 1 aliphatic rings. The number of carbonyl (C=O) groups is 1. The summed E-state index contributed by atoms with van der Waals surface area (Å²) in [5.41, 5.74) is 0.991. The SMILES string of the molecule is COc1ccc([C@@H]2COC[C@H]2C(=O)O)cc1. The van der Waals surface area contributed by atoms with Gasteiger partial charge in [-0.15, -0.1) is 0 Å². The Morgan fingerprint density at radius 1 is 1.38 bits per heavy atom. The molecule has 1 fully saturated rings. The van der Waals surface area contributed by atoms with Crippen LogP contribution in [-0.4, -0.2) is 31.4 Å². The largest absolute Gasteiger partial charge is 0.497 e. The first-order valence-corrected chi connectivity index (χ1v) is 5.17. The quantitative estimate of drug-likeness (QED) is 0.842. The van der Waals surface area contributed by atoms with Gasteiger partial charge in [-0.3, -0.25) is 4.79 Å². The second kappa shape index (κ2) is 4.53. The molecular formula is C12H14O4. The molecule has 0 unspecified atom stereocenters. The van der Waals surface area contributed by atoms with Gasteiger partial charge in [0.1, 0.15) is 5.75 Å². The summed E-state index contributed by atoms with van der Waals surface area (Å²) in [6, 6.07) is 7.47. The molecule has 16 heavy (non-hydrogen) atoms. The lowest BCUT2D eigenvalue weighted by Gasteiger charge is -2.14. The van der Waals surface area contributed by atoms with Crippen LogP contribution in [0.2, 0.25) is 0 Å². The Balaban J connectivity index is 2.19. The Hall–Kier alpha value is -1.55. The number of aliphatic carboxylic acids is 1. The first kappa shape index (κ1) is 11.0. The predicted octanol–water partition coefficient (Wildman–Crippen LogP) is 1.51. The van der Waals surface area contributed by atoms with Crippen LogP contribution in [0.4, 0.5) is 0 Å². The first-order chi connectivity index (χ1) is 7.72. The van der Waals surface area contributed by atoms with Crippen molar-refractivity contribution in [2.24, 2.45) is 5.92 Å². The van der Waals surface area contributed by atoms with E-state index in [1.54, 1.807) is 7.11 Å². The lowest BCUT2D eigenvalue weighted by molar-refractivity contribution is -0.142. The van der Waals surface area contributed by atoms with Crippen LogP contribution in [0, 0.1) is 5.92 Å². The van der Waals surface area contributed by atoms with E-state index in [2.05, 4.69) is 0 Å². The van der Waals surface area contributed by atoms with Crippen molar-refractivity contribution >= 4 is 5.97 Å². The van der Waals surface area contributed by atoms with E-state index in [1.165, 1.54) is 0 Å². The number of hydrogen-bond donors (Lipinski definition) is 1. The molecule has 0 amide bonds. The number of carboxylic acids is 1. The molecule has 0 aliphatic carbocycles. The van der Waals surface area contributed by atoms with Gasteiger partial charge in [-0.05, 0) is 17.7 Å². The maximum absolute atomic E-state index is 11.0. The fraction of sp³-hybridized carbons (Fsp3) is 0.417. The maximum atomic E-state index is 11.0. The van der Waals surface area contributed by atoms with Crippen LogP contribution in [-0.2, 0) is 9.53 Å². The van der Waals surface area contributed by atoms with Crippen LogP contribution in [0.15, 0.2) is 24.3 Å². The third kappa shape index (κ3) is 2.02. The van der Waals surface area contributed by atoms with Crippen LogP contribution < -0.4 is 4.74 Å². The molecule has 0 aromatic heterocycles. The summed E-state index contributed by atoms with van der Waals surface area (Å²) in [7, 11) is 1.60. The minimum absolute atomic E-state index is 0.0524. The van der Waals surface area contributed by atoms with Gasteiger partial charge in [-0.25, -0.2) is 0 Å². The van der Waals surface area contributed by atoms with Gasteiger partial charge in [0.15, 0.2) is 0 Å². The number of carboxylic acid groups (broad SMARTS) is 1. The molecule has 1 heterocycles. The first-order valence-electron chi connectivity index (χ1n) is 5.17. The minimum atomic E-state index is -0.793. The van der Waals surface area contributed by atoms with E-state index in [9.17, 15) is 4.79 Å². The molecule has 2 rings (SSSR count). The standard InChI is InChI=1S/C12H14O4/c1-15-9-4-2-8(3-5-9)10-6-16-7-11(10)12(13)14/h2-5,10-11H,6-7H2,1H3,(H,13,14)/t10-,11+/m0/s1. The van der Waals surface area contributed by atoms with Gasteiger partial charge < -0.3 is 14.6 Å². The van der Waals surface area contributed by atoms with Crippen LogP contribution in [0.25, 0.3) is 0 Å². The molecule has 1 N–H and O–H groups in total. The summed E-state index contributed by atoms with van der Waals surface area (Å²) in [6.07, 6.45) is 0. The Morgan fingerprint density at radius 3 is 2.62 bits per heavy atom. The van der Waals surface area contributed by atoms with Crippen LogP contribution in [0.3, 0.4) is 0 Å². The fourth-order valence-corrected chi connectivity index (χ4v) is 1.98. The zero-order valence-electron chi connectivity index (χ0n) is 9.05. The van der Waals surface area contributed by atoms with E-state index in [4.69, 9.17) is 14.6 Å². The van der Waals surface area contributed by atoms with Crippen molar-refractivity contribution in [3.63, 3.8) is 0 Å². The van der Waals surface area contributed by atoms with Crippen molar-refractivity contribution in [2.45, 2.75) is 5.92 Å². The summed E-state index contributed by atoms with van der Waals surface area (Å²) in [5, 5.41) is 9.04. The van der Waals surface area contributed by atoms with Crippen molar-refractivity contribution in [1.29, 1.82) is 0 Å². The maximum Gasteiger partial charge on any atom is 0.309 e. The van der Waals surface area contributed by atoms with Crippen molar-refractivity contribution in [3.8, 4) is 5.75 Å². The molecule has 1 saturated heterocycles. The highest BCUT2D eigenvalue weighted by Crippen LogP contribution is 2.31. The van der Waals surface area contributed by atoms with Crippen LogP contribution >= 0.6 is 0 Å². The van der Waals surface area contributed by atoms with Crippen molar-refractivity contribution in [1.82, 2.24) is 0 Å². The summed E-state index contributed by atoms with van der Waals surface area (Å²) in [5.74, 6) is -0.510. The van der Waals surface area contributed by atoms with E-state index in [0.717, 1.165) is 11.3 Å². The van der Waals surface area contributed by atoms with Gasteiger partial charge in [0.05, 0.1) is 26.2 Å². The third-order valence-electron chi connectivity index (χ3n) is 2.94. The van der Waals surface area contributed by atoms with E-state index in [0.29, 0.717) is 13.2 Å². The fourth-order valence-electron chi connectivity index (χ4n) is 1.98. The van der Waals surface area contributed by atoms with Crippen molar-refractivity contribution in [2.75, 3.05) is 20.3 Å². The van der Waals surface area contributed by atoms with Crippen LogP contribution in [0.1, 0.15) is 11.5 Å². The smallest absolute Gasteiger partial charge is 0.309 e. The van der Waals surface area contributed by atoms with Crippen molar-refractivity contribution < 1.29 is 19.4 Å². The van der Waals surface area contributed by atoms with Gasteiger partial charge >= 0.3 is 5.97 Å². The van der Waals surface area contributed by atoms with Crippen LogP contribution in [0.5, 0.6) is 5.75 Å². The number of benzene rings is 1. The molecule has 0 bridgehead atoms. The molecule has 1 aliphatic heterocycles. The third-order valence-corrected chi connectivity index (χ3v) is 2.94. The number of rotatable bonds is 3. The van der Waals surface area contributed by atoms with Gasteiger partial charge in [0.25, 0.3) is 0 Å². The molecular weight excluding hydrogens is 208 g/mol. The second-order valence-electron chi connectivity index (χ2n) is 3.86. The summed E-state index contributed by atoms with van der Waals surface area (Å²) < 4.78 is 10.3. The predicted molar refractivity (Wildman–Crippen MR) is 57.7 cm³/mol. The average molecular weight is 222 g/mol. The number of ether oxygens (including phenoxy) is 2. The average Bonchev–Trinajstić information content (AvgIpc) is 2.78. The van der Waals surface area contributed by atoms with E-state index in [-0.39, 0.29) is 5.92 Å². The lowest BCUT2D eigenvalue weighted by Crippen LogP contribution is -2.20. The molecule has 1 aromatic carbocycles. The summed E-state index contributed by atoms with van der Waals surface area (Å²) >= 11 is 0. The topological polar surface area (TPSA) is 55.8 Å². The lowest BCUT2D eigenvalue weighted by atomic mass is 9.89. The Bertz CT molecular complexity index is 371. The zero-order chi connectivity index (χ0) is 11.5. The highest BCUT2D eigenvalue weighted by atomic mass is 16.5. The molecule has 2 atom stereocenters. The molecule has 0 radical (unpaired) electrons. The summed E-state index contributed by atoms with van der Waals surface area (Å²) in [4.78, 5) is 11.0. The van der Waals surface area contributed by atoms with Gasteiger partial charge in [0.2, 0.25) is 0 Å². The van der Waals surface area contributed by atoms with Crippen molar-refractivity contribution in [3.05, 3.63) is 29.8 Å². The second-order valence-corrected chi connectivity index (χ2v) is 3.86. The minimum Gasteiger partial charge on any atom is -0.497 e. The number of hydrogen-bond acceptors (Lipinski definition) is 3. The Morgan fingerprint density at radius 2 is 2.06 bits per heavy atom. The normalized spacial score (nSPS) is 24.3. The Labute approximate surface area is 93.8 Å². The molecule has 0 spiro atoms. The van der Waals surface area contributed by atoms with E-state index in [1.807, 2.05) is 24.3 Å². The highest BCUT2D eigenvalue weighted by Gasteiger charge is 2.34. The Kier molecular flexibility index (Phi) is 3.10. The molecule has 0 saturated carbocycles. The van der Waals surface area contributed by atoms with Gasteiger partial charge in [-0.2, -0.15) is 0 Å². The molecule has 4 nitrogen and oxygen atoms in total. The van der Waals surface area contributed by atoms with Gasteiger partial charge in [-0.1, -0.05) is 12.1 Å². The highest BCUT2D eigenvalue weighted by molar-refractivity contribution is 5.72. The monoisotopic (exact) mass is 222 g/mol. The summed E-state index contributed by atoms with van der Waals surface area (Å²) in [6.45, 7) is 0.773. The molecule has 1 aromatic rings. The zero-order valence-corrected chi connectivity index (χ0v) is 9.05.